The smallest absolute Gasteiger partial charge is 0.421 e. The van der Waals surface area contributed by atoms with E-state index < -0.39 is 59.4 Å². The monoisotopic (exact) mass is 430 g/mol. The minimum Gasteiger partial charge on any atom is -0.421 e. The number of amides is 4. The SMILES string of the molecule is NCCNC1=C(OC(=O)C(F)(F)F)C2C(=O)N(C3CCC(=O)NC3=O)C(=O)C2C=C1. The van der Waals surface area contributed by atoms with Gasteiger partial charge < -0.3 is 15.8 Å². The number of imide groups is 2. The molecule has 3 aliphatic rings. The molecule has 3 atom stereocenters. The van der Waals surface area contributed by atoms with Gasteiger partial charge in [-0.05, 0) is 12.5 Å². The number of nitrogens with two attached hydrogens (primary N) is 1. The minimum absolute atomic E-state index is 0.0845. The summed E-state index contributed by atoms with van der Waals surface area (Å²) in [5, 5.41) is 4.67. The summed E-state index contributed by atoms with van der Waals surface area (Å²) in [4.78, 5) is 61.3. The number of nitrogens with one attached hydrogen (secondary N) is 2. The van der Waals surface area contributed by atoms with Crippen molar-refractivity contribution in [3.05, 3.63) is 23.6 Å². The van der Waals surface area contributed by atoms with Crippen molar-refractivity contribution in [2.24, 2.45) is 17.6 Å². The van der Waals surface area contributed by atoms with E-state index in [9.17, 15) is 37.1 Å². The zero-order valence-corrected chi connectivity index (χ0v) is 15.3. The number of ether oxygens (including phenoxy) is 1. The molecule has 0 saturated carbocycles. The molecule has 0 aromatic heterocycles. The normalized spacial score (nSPS) is 26.7. The minimum atomic E-state index is -5.34. The number of nitrogens with zero attached hydrogens (tertiary/aromatic N) is 1. The summed E-state index contributed by atoms with van der Waals surface area (Å²) in [5.74, 6) is -9.34. The van der Waals surface area contributed by atoms with E-state index >= 15 is 0 Å². The Bertz CT molecular complexity index is 881. The largest absolute Gasteiger partial charge is 0.491 e. The van der Waals surface area contributed by atoms with Crippen LogP contribution in [0.4, 0.5) is 13.2 Å². The standard InChI is InChI=1S/C17H17F3N4O6/c18-17(19,20)16(29)30-12-8(22-6-5-21)2-1-7-11(12)15(28)24(14(7)27)9-3-4-10(25)23-13(9)26/h1-2,7,9,11,22H,3-6,21H2,(H,23,25,26). The lowest BCUT2D eigenvalue weighted by molar-refractivity contribution is -0.196. The molecule has 1 aliphatic carbocycles. The number of hydrogen-bond donors (Lipinski definition) is 3. The van der Waals surface area contributed by atoms with Gasteiger partial charge in [-0.15, -0.1) is 0 Å². The van der Waals surface area contributed by atoms with Crippen LogP contribution in [-0.2, 0) is 28.7 Å². The average Bonchev–Trinajstić information content (AvgIpc) is 2.91. The van der Waals surface area contributed by atoms with Crippen LogP contribution in [0.25, 0.3) is 0 Å². The summed E-state index contributed by atoms with van der Waals surface area (Å²) in [5.41, 5.74) is 5.26. The van der Waals surface area contributed by atoms with Crippen molar-refractivity contribution >= 4 is 29.6 Å². The van der Waals surface area contributed by atoms with E-state index in [1.807, 2.05) is 5.32 Å². The van der Waals surface area contributed by atoms with E-state index in [0.29, 0.717) is 4.90 Å². The number of halogens is 3. The Labute approximate surface area is 167 Å². The summed E-state index contributed by atoms with van der Waals surface area (Å²) in [7, 11) is 0. The molecular formula is C17H17F3N4O6. The quantitative estimate of drug-likeness (QED) is 0.365. The van der Waals surface area contributed by atoms with Crippen LogP contribution >= 0.6 is 0 Å². The highest BCUT2D eigenvalue weighted by molar-refractivity contribution is 6.12. The first-order chi connectivity index (χ1) is 14.1. The third-order valence-corrected chi connectivity index (χ3v) is 4.82. The molecule has 0 aromatic rings. The van der Waals surface area contributed by atoms with Gasteiger partial charge in [0, 0.05) is 19.5 Å². The van der Waals surface area contributed by atoms with Gasteiger partial charge in [0.2, 0.25) is 23.6 Å². The Kier molecular flexibility index (Phi) is 5.65. The van der Waals surface area contributed by atoms with Gasteiger partial charge in [0.05, 0.1) is 11.6 Å². The molecule has 162 valence electrons. The van der Waals surface area contributed by atoms with Crippen molar-refractivity contribution in [1.82, 2.24) is 15.5 Å². The number of allylic oxidation sites excluding steroid dienone is 1. The first kappa shape index (κ1) is 21.5. The summed E-state index contributed by atoms with van der Waals surface area (Å²) in [6.45, 7) is 0.171. The average molecular weight is 430 g/mol. The summed E-state index contributed by atoms with van der Waals surface area (Å²) < 4.78 is 42.7. The lowest BCUT2D eigenvalue weighted by atomic mass is 9.87. The summed E-state index contributed by atoms with van der Waals surface area (Å²) >= 11 is 0. The van der Waals surface area contributed by atoms with Gasteiger partial charge in [0.25, 0.3) is 0 Å². The Morgan fingerprint density at radius 1 is 1.27 bits per heavy atom. The lowest BCUT2D eigenvalue weighted by Gasteiger charge is -2.28. The number of carbonyl (C=O) groups is 5. The van der Waals surface area contributed by atoms with Gasteiger partial charge in [-0.2, -0.15) is 13.2 Å². The van der Waals surface area contributed by atoms with Crippen LogP contribution in [-0.4, -0.2) is 59.8 Å². The molecular weight excluding hydrogens is 413 g/mol. The first-order valence-corrected chi connectivity index (χ1v) is 8.92. The van der Waals surface area contributed by atoms with Crippen molar-refractivity contribution in [1.29, 1.82) is 0 Å². The molecule has 2 heterocycles. The number of carbonyl (C=O) groups excluding carboxylic acids is 5. The second-order valence-electron chi connectivity index (χ2n) is 6.76. The predicted octanol–water partition coefficient (Wildman–Crippen LogP) is -1.17. The van der Waals surface area contributed by atoms with Gasteiger partial charge in [-0.1, -0.05) is 6.08 Å². The zero-order valence-electron chi connectivity index (χ0n) is 15.3. The van der Waals surface area contributed by atoms with Gasteiger partial charge in [0.15, 0.2) is 0 Å². The number of likely N-dealkylation sites (tertiary alicyclic amines) is 1. The highest BCUT2D eigenvalue weighted by atomic mass is 19.4. The molecule has 4 amide bonds. The van der Waals surface area contributed by atoms with Crippen molar-refractivity contribution in [3.63, 3.8) is 0 Å². The zero-order chi connectivity index (χ0) is 22.2. The Morgan fingerprint density at radius 3 is 2.57 bits per heavy atom. The fraction of sp³-hybridized carbons (Fsp3) is 0.471. The molecule has 13 heteroatoms. The maximum absolute atomic E-state index is 13.0. The molecule has 3 unspecified atom stereocenters. The van der Waals surface area contributed by atoms with Crippen LogP contribution in [0.15, 0.2) is 23.6 Å². The number of rotatable bonds is 5. The molecule has 3 rings (SSSR count). The van der Waals surface area contributed by atoms with E-state index in [1.165, 1.54) is 12.2 Å². The topological polar surface area (TPSA) is 148 Å². The van der Waals surface area contributed by atoms with Crippen molar-refractivity contribution in [2.45, 2.75) is 25.1 Å². The Morgan fingerprint density at radius 2 is 1.97 bits per heavy atom. The van der Waals surface area contributed by atoms with E-state index in [0.717, 1.165) is 0 Å². The van der Waals surface area contributed by atoms with Crippen LogP contribution in [0.1, 0.15) is 12.8 Å². The number of esters is 1. The second kappa shape index (κ2) is 7.89. The van der Waals surface area contributed by atoms with Crippen molar-refractivity contribution in [3.8, 4) is 0 Å². The maximum atomic E-state index is 13.0. The Hall–Kier alpha value is -3.22. The molecule has 2 fully saturated rings. The molecule has 0 aromatic carbocycles. The van der Waals surface area contributed by atoms with Crippen molar-refractivity contribution in [2.75, 3.05) is 13.1 Å². The summed E-state index contributed by atoms with van der Waals surface area (Å²) in [6.07, 6.45) is -3.08. The number of piperidine rings is 1. The molecule has 2 aliphatic heterocycles. The van der Waals surface area contributed by atoms with Crippen LogP contribution in [0.2, 0.25) is 0 Å². The fourth-order valence-corrected chi connectivity index (χ4v) is 3.50. The van der Waals surface area contributed by atoms with Crippen LogP contribution in [0.3, 0.4) is 0 Å². The van der Waals surface area contributed by atoms with Gasteiger partial charge in [-0.25, -0.2) is 4.79 Å². The third kappa shape index (κ3) is 3.79. The highest BCUT2D eigenvalue weighted by Crippen LogP contribution is 2.40. The Balaban J connectivity index is 1.96. The molecule has 0 spiro atoms. The number of fused-ring (bicyclic) bond motifs is 1. The second-order valence-corrected chi connectivity index (χ2v) is 6.76. The van der Waals surface area contributed by atoms with Crippen LogP contribution in [0.5, 0.6) is 0 Å². The third-order valence-electron chi connectivity index (χ3n) is 4.82. The molecule has 0 bridgehead atoms. The van der Waals surface area contributed by atoms with E-state index in [2.05, 4.69) is 10.1 Å². The highest BCUT2D eigenvalue weighted by Gasteiger charge is 2.56. The molecule has 0 radical (unpaired) electrons. The van der Waals surface area contributed by atoms with Crippen molar-refractivity contribution < 1.29 is 41.9 Å². The molecule has 10 nitrogen and oxygen atoms in total. The molecule has 4 N–H and O–H groups in total. The van der Waals surface area contributed by atoms with E-state index in [-0.39, 0.29) is 31.6 Å². The van der Waals surface area contributed by atoms with E-state index in [4.69, 9.17) is 5.73 Å². The summed E-state index contributed by atoms with van der Waals surface area (Å²) in [6, 6.07) is -1.29. The fourth-order valence-electron chi connectivity index (χ4n) is 3.50. The lowest BCUT2D eigenvalue weighted by Crippen LogP contribution is -2.54. The maximum Gasteiger partial charge on any atom is 0.491 e. The number of hydrogen-bond acceptors (Lipinski definition) is 8. The van der Waals surface area contributed by atoms with Gasteiger partial charge in [0.1, 0.15) is 17.7 Å². The van der Waals surface area contributed by atoms with Gasteiger partial charge >= 0.3 is 12.1 Å². The first-order valence-electron chi connectivity index (χ1n) is 8.92. The molecule has 2 saturated heterocycles. The van der Waals surface area contributed by atoms with Gasteiger partial charge in [-0.3, -0.25) is 29.4 Å². The van der Waals surface area contributed by atoms with Crippen LogP contribution in [0, 0.1) is 11.8 Å². The number of alkyl halides is 3. The van der Waals surface area contributed by atoms with Crippen LogP contribution < -0.4 is 16.4 Å². The predicted molar refractivity (Wildman–Crippen MR) is 90.4 cm³/mol. The van der Waals surface area contributed by atoms with E-state index in [1.54, 1.807) is 0 Å². The molecule has 30 heavy (non-hydrogen) atoms.